The number of halogens is 4. The lowest BCUT2D eigenvalue weighted by molar-refractivity contribution is 0.102. The van der Waals surface area contributed by atoms with Gasteiger partial charge in [0.15, 0.2) is 0 Å². The number of nitrogens with zero attached hydrogens (tertiary/aromatic N) is 2. The maximum absolute atomic E-state index is 15.0. The monoisotopic (exact) mass is 487 g/mol. The van der Waals surface area contributed by atoms with E-state index in [0.717, 1.165) is 28.9 Å². The zero-order valence-electron chi connectivity index (χ0n) is 17.9. The molecule has 0 saturated heterocycles. The number of hydrogen-bond donors (Lipinski definition) is 1. The Bertz CT molecular complexity index is 1420. The van der Waals surface area contributed by atoms with E-state index in [-0.39, 0.29) is 28.4 Å². The number of anilines is 1. The van der Waals surface area contributed by atoms with Crippen molar-refractivity contribution in [3.8, 4) is 22.7 Å². The zero-order chi connectivity index (χ0) is 24.6. The smallest absolute Gasteiger partial charge is 0.295 e. The van der Waals surface area contributed by atoms with Crippen LogP contribution in [0.25, 0.3) is 16.9 Å². The lowest BCUT2D eigenvalue weighted by atomic mass is 10.1. The number of rotatable bonds is 5. The van der Waals surface area contributed by atoms with Crippen LogP contribution in [0, 0.1) is 17.5 Å². The fourth-order valence-corrected chi connectivity index (χ4v) is 3.68. The molecule has 10 heteroatoms. The van der Waals surface area contributed by atoms with Crippen LogP contribution in [0.1, 0.15) is 10.4 Å². The van der Waals surface area contributed by atoms with Crippen molar-refractivity contribution in [1.29, 1.82) is 0 Å². The third kappa shape index (κ3) is 4.17. The molecule has 4 aromatic rings. The van der Waals surface area contributed by atoms with Crippen molar-refractivity contribution in [3.63, 3.8) is 0 Å². The van der Waals surface area contributed by atoms with E-state index < -0.39 is 34.5 Å². The predicted molar refractivity (Wildman–Crippen MR) is 122 cm³/mol. The highest BCUT2D eigenvalue weighted by Crippen LogP contribution is 2.34. The minimum Gasteiger partial charge on any atom is -0.497 e. The number of aromatic nitrogens is 2. The SMILES string of the molecule is COc1cc(F)c(-c2c(NC(=O)c3ccc(Cl)cc3)c(=O)n(-c3ccc(F)cc3)n2C)c(F)c1. The molecule has 4 rings (SSSR count). The average Bonchev–Trinajstić information content (AvgIpc) is 3.04. The normalized spacial score (nSPS) is 10.9. The van der Waals surface area contributed by atoms with Gasteiger partial charge in [-0.25, -0.2) is 17.9 Å². The Morgan fingerprint density at radius 3 is 2.12 bits per heavy atom. The summed E-state index contributed by atoms with van der Waals surface area (Å²) in [6.07, 6.45) is 0. The summed E-state index contributed by atoms with van der Waals surface area (Å²) in [7, 11) is 2.65. The minimum atomic E-state index is -1.01. The molecule has 0 bridgehead atoms. The third-order valence-corrected chi connectivity index (χ3v) is 5.42. The van der Waals surface area contributed by atoms with Crippen molar-refractivity contribution in [3.05, 3.63) is 99.1 Å². The highest BCUT2D eigenvalue weighted by molar-refractivity contribution is 6.30. The summed E-state index contributed by atoms with van der Waals surface area (Å²) in [5, 5.41) is 2.86. The van der Waals surface area contributed by atoms with Gasteiger partial charge in [0.05, 0.1) is 18.4 Å². The second-order valence-corrected chi connectivity index (χ2v) is 7.70. The Labute approximate surface area is 196 Å². The van der Waals surface area contributed by atoms with E-state index >= 15 is 8.78 Å². The Hall–Kier alpha value is -3.98. The summed E-state index contributed by atoms with van der Waals surface area (Å²) < 4.78 is 50.6. The van der Waals surface area contributed by atoms with Crippen LogP contribution in [0.3, 0.4) is 0 Å². The Morgan fingerprint density at radius 1 is 0.971 bits per heavy atom. The summed E-state index contributed by atoms with van der Waals surface area (Å²) in [6.45, 7) is 0. The van der Waals surface area contributed by atoms with Gasteiger partial charge in [-0.3, -0.25) is 14.3 Å². The minimum absolute atomic E-state index is 0.0616. The number of benzene rings is 3. The lowest BCUT2D eigenvalue weighted by Crippen LogP contribution is -2.23. The fourth-order valence-electron chi connectivity index (χ4n) is 3.56. The molecule has 0 aliphatic heterocycles. The van der Waals surface area contributed by atoms with Crippen LogP contribution >= 0.6 is 11.6 Å². The van der Waals surface area contributed by atoms with Gasteiger partial charge in [0.25, 0.3) is 11.5 Å². The van der Waals surface area contributed by atoms with E-state index in [4.69, 9.17) is 16.3 Å². The number of carbonyl (C=O) groups is 1. The topological polar surface area (TPSA) is 65.3 Å². The van der Waals surface area contributed by atoms with Gasteiger partial charge in [-0.2, -0.15) is 0 Å². The molecule has 0 spiro atoms. The van der Waals surface area contributed by atoms with Crippen molar-refractivity contribution < 1.29 is 22.7 Å². The molecule has 174 valence electrons. The van der Waals surface area contributed by atoms with Crippen LogP contribution in [0.5, 0.6) is 5.75 Å². The van der Waals surface area contributed by atoms with E-state index in [1.165, 1.54) is 55.2 Å². The van der Waals surface area contributed by atoms with E-state index in [2.05, 4.69) is 5.32 Å². The van der Waals surface area contributed by atoms with Crippen LogP contribution < -0.4 is 15.6 Å². The number of ether oxygens (including phenoxy) is 1. The second-order valence-electron chi connectivity index (χ2n) is 7.27. The molecule has 34 heavy (non-hydrogen) atoms. The molecule has 0 atom stereocenters. The molecular formula is C24H17ClF3N3O3. The van der Waals surface area contributed by atoms with Crippen LogP contribution in [-0.2, 0) is 7.05 Å². The number of hydrogen-bond acceptors (Lipinski definition) is 3. The maximum Gasteiger partial charge on any atom is 0.295 e. The molecule has 0 saturated carbocycles. The van der Waals surface area contributed by atoms with Gasteiger partial charge in [0.1, 0.15) is 34.6 Å². The van der Waals surface area contributed by atoms with Gasteiger partial charge in [-0.15, -0.1) is 0 Å². The Kier molecular flexibility index (Phi) is 6.21. The molecule has 3 aromatic carbocycles. The standard InChI is InChI=1S/C24H17ClF3N3O3/c1-30-22(20-18(27)11-17(34-2)12-19(20)28)21(29-23(32)13-3-5-14(25)6-4-13)24(33)31(30)16-9-7-15(26)8-10-16/h3-12H,1-2H3,(H,29,32). The van der Waals surface area contributed by atoms with Crippen LogP contribution in [-0.4, -0.2) is 22.4 Å². The van der Waals surface area contributed by atoms with Crippen LogP contribution in [0.2, 0.25) is 5.02 Å². The summed E-state index contributed by atoms with van der Waals surface area (Å²) >= 11 is 5.86. The molecule has 0 aliphatic carbocycles. The van der Waals surface area contributed by atoms with Crippen molar-refractivity contribution in [2.45, 2.75) is 0 Å². The first-order chi connectivity index (χ1) is 16.2. The van der Waals surface area contributed by atoms with Gasteiger partial charge in [-0.1, -0.05) is 11.6 Å². The molecular weight excluding hydrogens is 471 g/mol. The van der Waals surface area contributed by atoms with Crippen molar-refractivity contribution in [2.24, 2.45) is 7.05 Å². The van der Waals surface area contributed by atoms with Gasteiger partial charge in [0, 0.05) is 29.8 Å². The molecule has 1 N–H and O–H groups in total. The zero-order valence-corrected chi connectivity index (χ0v) is 18.7. The van der Waals surface area contributed by atoms with Crippen molar-refractivity contribution in [2.75, 3.05) is 12.4 Å². The molecule has 1 heterocycles. The van der Waals surface area contributed by atoms with Gasteiger partial charge < -0.3 is 10.1 Å². The molecule has 0 fully saturated rings. The molecule has 1 amide bonds. The number of methoxy groups -OCH3 is 1. The number of carbonyl (C=O) groups excluding carboxylic acids is 1. The van der Waals surface area contributed by atoms with E-state index in [0.29, 0.717) is 5.02 Å². The largest absolute Gasteiger partial charge is 0.497 e. The molecule has 1 aromatic heterocycles. The van der Waals surface area contributed by atoms with Gasteiger partial charge in [0.2, 0.25) is 0 Å². The first-order valence-corrected chi connectivity index (χ1v) is 10.3. The first kappa shape index (κ1) is 23.2. The Morgan fingerprint density at radius 2 is 1.56 bits per heavy atom. The van der Waals surface area contributed by atoms with E-state index in [9.17, 15) is 14.0 Å². The summed E-state index contributed by atoms with van der Waals surface area (Å²) in [4.78, 5) is 26.2. The molecule has 0 unspecified atom stereocenters. The maximum atomic E-state index is 15.0. The highest BCUT2D eigenvalue weighted by Gasteiger charge is 2.27. The summed E-state index contributed by atoms with van der Waals surface area (Å²) in [5.41, 5.74) is -1.53. The van der Waals surface area contributed by atoms with E-state index in [1.54, 1.807) is 0 Å². The van der Waals surface area contributed by atoms with Crippen molar-refractivity contribution in [1.82, 2.24) is 9.36 Å². The fraction of sp³-hybridized carbons (Fsp3) is 0.0833. The Balaban J connectivity index is 1.95. The second kappa shape index (κ2) is 9.11. The predicted octanol–water partition coefficient (Wildman–Crippen LogP) is 5.17. The van der Waals surface area contributed by atoms with Crippen LogP contribution in [0.15, 0.2) is 65.5 Å². The average molecular weight is 488 g/mol. The number of nitrogens with one attached hydrogen (secondary N) is 1. The first-order valence-electron chi connectivity index (χ1n) is 9.89. The van der Waals surface area contributed by atoms with Crippen LogP contribution in [0.4, 0.5) is 18.9 Å². The van der Waals surface area contributed by atoms with Gasteiger partial charge >= 0.3 is 0 Å². The highest BCUT2D eigenvalue weighted by atomic mass is 35.5. The molecule has 0 radical (unpaired) electrons. The van der Waals surface area contributed by atoms with E-state index in [1.807, 2.05) is 0 Å². The van der Waals surface area contributed by atoms with Crippen molar-refractivity contribution >= 4 is 23.2 Å². The summed E-state index contributed by atoms with van der Waals surface area (Å²) in [6, 6.07) is 12.7. The summed E-state index contributed by atoms with van der Waals surface area (Å²) in [5.74, 6) is -3.30. The number of amides is 1. The molecule has 6 nitrogen and oxygen atoms in total. The van der Waals surface area contributed by atoms with Gasteiger partial charge in [-0.05, 0) is 48.5 Å². The third-order valence-electron chi connectivity index (χ3n) is 5.17. The quantitative estimate of drug-likeness (QED) is 0.422. The lowest BCUT2D eigenvalue weighted by Gasteiger charge is -2.13. The molecule has 0 aliphatic rings.